The SMILES string of the molecule is CN(C)CCN(Cc1cccnc1)C(=O)Cc1[nH]nc2ccccc12. The molecule has 2 aromatic heterocycles. The van der Waals surface area contributed by atoms with E-state index in [2.05, 4.69) is 20.1 Å². The summed E-state index contributed by atoms with van der Waals surface area (Å²) < 4.78 is 0. The summed E-state index contributed by atoms with van der Waals surface area (Å²) >= 11 is 0. The number of pyridine rings is 1. The molecule has 0 fully saturated rings. The van der Waals surface area contributed by atoms with Crippen LogP contribution in [0.2, 0.25) is 0 Å². The summed E-state index contributed by atoms with van der Waals surface area (Å²) in [4.78, 5) is 21.0. The lowest BCUT2D eigenvalue weighted by Crippen LogP contribution is -2.37. The largest absolute Gasteiger partial charge is 0.337 e. The van der Waals surface area contributed by atoms with Gasteiger partial charge in [0.05, 0.1) is 17.6 Å². The number of nitrogens with zero attached hydrogens (tertiary/aromatic N) is 4. The number of benzene rings is 1. The van der Waals surface area contributed by atoms with E-state index < -0.39 is 0 Å². The van der Waals surface area contributed by atoms with Gasteiger partial charge in [-0.1, -0.05) is 24.3 Å². The molecule has 0 bridgehead atoms. The number of carbonyl (C=O) groups excluding carboxylic acids is 1. The zero-order chi connectivity index (χ0) is 17.6. The Morgan fingerprint density at radius 3 is 2.72 bits per heavy atom. The molecular formula is C19H23N5O. The van der Waals surface area contributed by atoms with Crippen LogP contribution < -0.4 is 0 Å². The first-order valence-corrected chi connectivity index (χ1v) is 8.37. The summed E-state index contributed by atoms with van der Waals surface area (Å²) in [6, 6.07) is 11.7. The predicted octanol–water partition coefficient (Wildman–Crippen LogP) is 2.09. The summed E-state index contributed by atoms with van der Waals surface area (Å²) in [6.07, 6.45) is 3.86. The van der Waals surface area contributed by atoms with E-state index in [0.717, 1.165) is 28.7 Å². The Balaban J connectivity index is 1.75. The zero-order valence-electron chi connectivity index (χ0n) is 14.6. The molecule has 0 saturated carbocycles. The van der Waals surface area contributed by atoms with Crippen molar-refractivity contribution in [3.63, 3.8) is 0 Å². The van der Waals surface area contributed by atoms with Gasteiger partial charge in [0.25, 0.3) is 0 Å². The fourth-order valence-corrected chi connectivity index (χ4v) is 2.74. The smallest absolute Gasteiger partial charge is 0.228 e. The van der Waals surface area contributed by atoms with Gasteiger partial charge in [-0.25, -0.2) is 0 Å². The maximum atomic E-state index is 12.9. The Bertz CT molecular complexity index is 828. The van der Waals surface area contributed by atoms with Gasteiger partial charge >= 0.3 is 0 Å². The highest BCUT2D eigenvalue weighted by Crippen LogP contribution is 2.16. The van der Waals surface area contributed by atoms with Crippen LogP contribution in [-0.4, -0.2) is 58.1 Å². The minimum absolute atomic E-state index is 0.0834. The Hall–Kier alpha value is -2.73. The summed E-state index contributed by atoms with van der Waals surface area (Å²) in [5.41, 5.74) is 2.78. The Labute approximate surface area is 147 Å². The van der Waals surface area contributed by atoms with Crippen molar-refractivity contribution in [2.75, 3.05) is 27.2 Å². The Morgan fingerprint density at radius 1 is 1.12 bits per heavy atom. The number of aromatic nitrogens is 3. The third-order valence-electron chi connectivity index (χ3n) is 4.13. The minimum atomic E-state index is 0.0834. The normalized spacial score (nSPS) is 11.2. The van der Waals surface area contributed by atoms with Gasteiger partial charge in [0, 0.05) is 37.4 Å². The standard InChI is InChI=1S/C19H23N5O/c1-23(2)10-11-24(14-15-6-5-9-20-13-15)19(25)12-18-16-7-3-4-8-17(16)21-22-18/h3-9,13H,10-12,14H2,1-2H3,(H,21,22). The van der Waals surface area contributed by atoms with Gasteiger partial charge in [-0.05, 0) is 31.8 Å². The van der Waals surface area contributed by atoms with E-state index in [-0.39, 0.29) is 5.91 Å². The zero-order valence-corrected chi connectivity index (χ0v) is 14.6. The summed E-state index contributed by atoms with van der Waals surface area (Å²) in [5.74, 6) is 0.0834. The third kappa shape index (κ3) is 4.42. The number of nitrogens with one attached hydrogen (secondary N) is 1. The van der Waals surface area contributed by atoms with Crippen molar-refractivity contribution in [1.82, 2.24) is 25.0 Å². The van der Waals surface area contributed by atoms with Crippen LogP contribution in [0, 0.1) is 0 Å². The van der Waals surface area contributed by atoms with Gasteiger partial charge in [-0.2, -0.15) is 5.10 Å². The lowest BCUT2D eigenvalue weighted by atomic mass is 10.1. The molecule has 0 radical (unpaired) electrons. The average molecular weight is 337 g/mol. The van der Waals surface area contributed by atoms with Crippen molar-refractivity contribution in [3.8, 4) is 0 Å². The molecule has 0 spiro atoms. The molecule has 0 saturated heterocycles. The van der Waals surface area contributed by atoms with Crippen LogP contribution in [-0.2, 0) is 17.8 Å². The number of likely N-dealkylation sites (N-methyl/N-ethyl adjacent to an activating group) is 1. The maximum absolute atomic E-state index is 12.9. The number of carbonyl (C=O) groups is 1. The molecule has 0 aliphatic carbocycles. The van der Waals surface area contributed by atoms with Crippen molar-refractivity contribution in [2.45, 2.75) is 13.0 Å². The first-order valence-electron chi connectivity index (χ1n) is 8.37. The molecule has 1 N–H and O–H groups in total. The van der Waals surface area contributed by atoms with Crippen LogP contribution in [0.5, 0.6) is 0 Å². The fourth-order valence-electron chi connectivity index (χ4n) is 2.74. The first kappa shape index (κ1) is 17.1. The Kier molecular flexibility index (Phi) is 5.40. The van der Waals surface area contributed by atoms with Crippen LogP contribution in [0.3, 0.4) is 0 Å². The van der Waals surface area contributed by atoms with Gasteiger partial charge in [-0.15, -0.1) is 0 Å². The maximum Gasteiger partial charge on any atom is 0.228 e. The molecule has 130 valence electrons. The fraction of sp³-hybridized carbons (Fsp3) is 0.316. The second-order valence-corrected chi connectivity index (χ2v) is 6.38. The van der Waals surface area contributed by atoms with Crippen molar-refractivity contribution in [1.29, 1.82) is 0 Å². The summed E-state index contributed by atoms with van der Waals surface area (Å²) in [6.45, 7) is 2.05. The van der Waals surface area contributed by atoms with Crippen molar-refractivity contribution in [3.05, 3.63) is 60.0 Å². The molecule has 0 aliphatic heterocycles. The minimum Gasteiger partial charge on any atom is -0.337 e. The molecular weight excluding hydrogens is 314 g/mol. The number of rotatable bonds is 7. The number of hydrogen-bond donors (Lipinski definition) is 1. The van der Waals surface area contributed by atoms with Gasteiger partial charge in [0.15, 0.2) is 0 Å². The number of para-hydroxylation sites is 1. The van der Waals surface area contributed by atoms with Crippen LogP contribution in [0.4, 0.5) is 0 Å². The molecule has 2 heterocycles. The van der Waals surface area contributed by atoms with E-state index in [1.165, 1.54) is 0 Å². The molecule has 0 unspecified atom stereocenters. The van der Waals surface area contributed by atoms with Gasteiger partial charge in [0.2, 0.25) is 5.91 Å². The molecule has 3 aromatic rings. The highest BCUT2D eigenvalue weighted by Gasteiger charge is 2.17. The molecule has 0 atom stereocenters. The molecule has 6 nitrogen and oxygen atoms in total. The molecule has 6 heteroatoms. The van der Waals surface area contributed by atoms with Crippen LogP contribution in [0.25, 0.3) is 10.9 Å². The molecule has 3 rings (SSSR count). The van der Waals surface area contributed by atoms with E-state index in [0.29, 0.717) is 19.5 Å². The van der Waals surface area contributed by atoms with E-state index in [1.54, 1.807) is 6.20 Å². The average Bonchev–Trinajstić information content (AvgIpc) is 3.02. The number of amides is 1. The van der Waals surface area contributed by atoms with Crippen LogP contribution >= 0.6 is 0 Å². The molecule has 25 heavy (non-hydrogen) atoms. The van der Waals surface area contributed by atoms with Crippen molar-refractivity contribution < 1.29 is 4.79 Å². The van der Waals surface area contributed by atoms with Crippen molar-refractivity contribution >= 4 is 16.8 Å². The predicted molar refractivity (Wildman–Crippen MR) is 98.0 cm³/mol. The van der Waals surface area contributed by atoms with E-state index >= 15 is 0 Å². The number of fused-ring (bicyclic) bond motifs is 1. The second kappa shape index (κ2) is 7.90. The monoisotopic (exact) mass is 337 g/mol. The molecule has 0 aliphatic rings. The molecule has 1 aromatic carbocycles. The van der Waals surface area contributed by atoms with Crippen LogP contribution in [0.1, 0.15) is 11.3 Å². The highest BCUT2D eigenvalue weighted by molar-refractivity contribution is 5.87. The van der Waals surface area contributed by atoms with Crippen LogP contribution in [0.15, 0.2) is 48.8 Å². The lowest BCUT2D eigenvalue weighted by molar-refractivity contribution is -0.131. The van der Waals surface area contributed by atoms with E-state index in [4.69, 9.17) is 0 Å². The third-order valence-corrected chi connectivity index (χ3v) is 4.13. The number of H-pyrrole nitrogens is 1. The quantitative estimate of drug-likeness (QED) is 0.717. The van der Waals surface area contributed by atoms with Gasteiger partial charge < -0.3 is 9.80 Å². The van der Waals surface area contributed by atoms with Crippen molar-refractivity contribution in [2.24, 2.45) is 0 Å². The van der Waals surface area contributed by atoms with E-state index in [9.17, 15) is 4.79 Å². The first-order chi connectivity index (χ1) is 12.1. The number of aromatic amines is 1. The Morgan fingerprint density at radius 2 is 1.96 bits per heavy atom. The summed E-state index contributed by atoms with van der Waals surface area (Å²) in [7, 11) is 4.02. The molecule has 1 amide bonds. The lowest BCUT2D eigenvalue weighted by Gasteiger charge is -2.24. The van der Waals surface area contributed by atoms with E-state index in [1.807, 2.05) is 61.6 Å². The highest BCUT2D eigenvalue weighted by atomic mass is 16.2. The van der Waals surface area contributed by atoms with Gasteiger partial charge in [-0.3, -0.25) is 14.9 Å². The second-order valence-electron chi connectivity index (χ2n) is 6.38. The van der Waals surface area contributed by atoms with Gasteiger partial charge in [0.1, 0.15) is 0 Å². The summed E-state index contributed by atoms with van der Waals surface area (Å²) in [5, 5.41) is 8.29. The number of hydrogen-bond acceptors (Lipinski definition) is 4. The topological polar surface area (TPSA) is 65.1 Å².